The molecule has 2 rings (SSSR count). The van der Waals surface area contributed by atoms with Gasteiger partial charge < -0.3 is 15.9 Å². The van der Waals surface area contributed by atoms with E-state index in [9.17, 15) is 18.4 Å². The molecule has 2 aromatic heterocycles. The zero-order valence-corrected chi connectivity index (χ0v) is 20.6. The van der Waals surface area contributed by atoms with Crippen LogP contribution in [0.3, 0.4) is 0 Å². The van der Waals surface area contributed by atoms with Crippen molar-refractivity contribution in [2.24, 2.45) is 0 Å². The van der Waals surface area contributed by atoms with Crippen LogP contribution >= 0.6 is 31.9 Å². The highest BCUT2D eigenvalue weighted by Gasteiger charge is 2.18. The summed E-state index contributed by atoms with van der Waals surface area (Å²) < 4.78 is 57.1. The molecule has 0 spiro atoms. The number of rotatable bonds is 2. The Kier molecular flexibility index (Phi) is 13.5. The van der Waals surface area contributed by atoms with Crippen LogP contribution in [0.25, 0.3) is 0 Å². The predicted octanol–water partition coefficient (Wildman–Crippen LogP) is 2.96. The Morgan fingerprint density at radius 2 is 1.34 bits per heavy atom. The highest BCUT2D eigenvalue weighted by molar-refractivity contribution is 9.10. The Bertz CT molecular complexity index is 1050. The van der Waals surface area contributed by atoms with Crippen molar-refractivity contribution in [1.82, 2.24) is 15.3 Å². The smallest absolute Gasteiger partial charge is 0.394 e. The number of hydrogen-bond donors (Lipinski definition) is 4. The molecule has 0 aromatic carbocycles. The maximum atomic E-state index is 12.7. The molecule has 0 aliphatic heterocycles. The molecule has 0 fully saturated rings. The molecule has 0 radical (unpaired) electrons. The first-order valence-corrected chi connectivity index (χ1v) is 10.8. The van der Waals surface area contributed by atoms with E-state index in [4.69, 9.17) is 22.6 Å². The zero-order valence-electron chi connectivity index (χ0n) is 16.6. The van der Waals surface area contributed by atoms with E-state index in [1.165, 1.54) is 6.07 Å². The maximum Gasteiger partial charge on any atom is 0.394 e. The number of carbonyl (C=O) groups is 2. The van der Waals surface area contributed by atoms with Crippen LogP contribution in [0.4, 0.5) is 8.78 Å². The molecule has 0 aliphatic rings. The average Bonchev–Trinajstić information content (AvgIpc) is 2.51. The van der Waals surface area contributed by atoms with Crippen LogP contribution in [0.5, 0.6) is 0 Å². The molecule has 0 bridgehead atoms. The van der Waals surface area contributed by atoms with Crippen molar-refractivity contribution >= 4 is 54.1 Å². The Balaban J connectivity index is -0.000000443. The monoisotopic (exact) mass is 611 g/mol. The second-order valence-electron chi connectivity index (χ2n) is 6.43. The van der Waals surface area contributed by atoms with Crippen LogP contribution in [0.15, 0.2) is 33.5 Å². The SMILES string of the molecule is CC(C)(C)NC(=O)c1ncc(F)cc1Br.O.O=C(O)c1ncc(F)cc1Br.O=S(=O)(O)O.[HH]. The number of carboxylic acid groups (broad SMARTS) is 1. The van der Waals surface area contributed by atoms with Gasteiger partial charge in [-0.2, -0.15) is 8.42 Å². The number of aromatic nitrogens is 2. The molecular formula is C16H21Br2F2N3O8S. The van der Waals surface area contributed by atoms with Gasteiger partial charge in [0.2, 0.25) is 0 Å². The number of carbonyl (C=O) groups excluding carboxylic acids is 1. The van der Waals surface area contributed by atoms with Gasteiger partial charge in [0.15, 0.2) is 5.69 Å². The fourth-order valence-corrected chi connectivity index (χ4v) is 2.55. The molecule has 0 atom stereocenters. The van der Waals surface area contributed by atoms with Crippen molar-refractivity contribution in [1.29, 1.82) is 0 Å². The molecule has 32 heavy (non-hydrogen) atoms. The number of nitrogens with zero attached hydrogens (tertiary/aromatic N) is 2. The van der Waals surface area contributed by atoms with E-state index in [1.54, 1.807) is 0 Å². The first kappa shape index (κ1) is 32.1. The number of amides is 1. The lowest BCUT2D eigenvalue weighted by Gasteiger charge is -2.20. The summed E-state index contributed by atoms with van der Waals surface area (Å²) in [7, 11) is -4.67. The fourth-order valence-electron chi connectivity index (χ4n) is 1.55. The lowest BCUT2D eigenvalue weighted by molar-refractivity contribution is 0.0688. The third-order valence-electron chi connectivity index (χ3n) is 2.52. The predicted molar refractivity (Wildman–Crippen MR) is 118 cm³/mol. The molecule has 0 saturated heterocycles. The first-order valence-electron chi connectivity index (χ1n) is 7.78. The quantitative estimate of drug-likeness (QED) is 0.368. The molecule has 2 aromatic rings. The molecule has 182 valence electrons. The molecule has 1 amide bonds. The van der Waals surface area contributed by atoms with Crippen LogP contribution in [0.1, 0.15) is 43.2 Å². The summed E-state index contributed by atoms with van der Waals surface area (Å²) in [6.45, 7) is 5.59. The van der Waals surface area contributed by atoms with Crippen molar-refractivity contribution in [2.75, 3.05) is 0 Å². The summed E-state index contributed by atoms with van der Waals surface area (Å²) in [5, 5.41) is 11.2. The van der Waals surface area contributed by atoms with E-state index < -0.39 is 28.0 Å². The van der Waals surface area contributed by atoms with E-state index in [-0.39, 0.29) is 34.2 Å². The molecule has 11 nitrogen and oxygen atoms in total. The Labute approximate surface area is 199 Å². The summed E-state index contributed by atoms with van der Waals surface area (Å²) >= 11 is 5.96. The minimum atomic E-state index is -4.67. The summed E-state index contributed by atoms with van der Waals surface area (Å²) in [5.41, 5.74) is -0.343. The third kappa shape index (κ3) is 14.8. The van der Waals surface area contributed by atoms with E-state index in [0.29, 0.717) is 4.47 Å². The van der Waals surface area contributed by atoms with Crippen LogP contribution in [-0.2, 0) is 10.4 Å². The molecule has 6 N–H and O–H groups in total. The maximum absolute atomic E-state index is 12.7. The van der Waals surface area contributed by atoms with Crippen LogP contribution in [-0.4, -0.2) is 55.5 Å². The number of halogens is 4. The fraction of sp³-hybridized carbons (Fsp3) is 0.250. The molecule has 16 heteroatoms. The highest BCUT2D eigenvalue weighted by Crippen LogP contribution is 2.16. The number of carboxylic acids is 1. The first-order chi connectivity index (χ1) is 13.9. The van der Waals surface area contributed by atoms with E-state index >= 15 is 0 Å². The largest absolute Gasteiger partial charge is 0.476 e. The summed E-state index contributed by atoms with van der Waals surface area (Å²) in [5.74, 6) is -2.55. The van der Waals surface area contributed by atoms with Gasteiger partial charge >= 0.3 is 16.4 Å². The van der Waals surface area contributed by atoms with Gasteiger partial charge in [-0.05, 0) is 64.8 Å². The van der Waals surface area contributed by atoms with Crippen molar-refractivity contribution in [3.05, 3.63) is 56.5 Å². The van der Waals surface area contributed by atoms with Gasteiger partial charge in [-0.25, -0.2) is 23.5 Å². The van der Waals surface area contributed by atoms with Gasteiger partial charge in [0.25, 0.3) is 5.91 Å². The van der Waals surface area contributed by atoms with Crippen LogP contribution in [0.2, 0.25) is 0 Å². The Hall–Kier alpha value is -2.11. The third-order valence-corrected chi connectivity index (χ3v) is 3.73. The molecule has 0 aliphatic carbocycles. The van der Waals surface area contributed by atoms with Crippen LogP contribution in [0, 0.1) is 11.6 Å². The van der Waals surface area contributed by atoms with Crippen molar-refractivity contribution in [3.8, 4) is 0 Å². The topological polar surface area (TPSA) is 198 Å². The molecular weight excluding hydrogens is 592 g/mol. The second kappa shape index (κ2) is 13.4. The number of aromatic carboxylic acids is 1. The Morgan fingerprint density at radius 3 is 1.62 bits per heavy atom. The number of nitrogens with one attached hydrogen (secondary N) is 1. The Morgan fingerprint density at radius 1 is 1.00 bits per heavy atom. The average molecular weight is 613 g/mol. The number of pyridine rings is 2. The summed E-state index contributed by atoms with van der Waals surface area (Å²) in [4.78, 5) is 29.1. The minimum Gasteiger partial charge on any atom is -0.476 e. The van der Waals surface area contributed by atoms with E-state index in [2.05, 4.69) is 47.1 Å². The highest BCUT2D eigenvalue weighted by atomic mass is 79.9. The molecule has 0 saturated carbocycles. The van der Waals surface area contributed by atoms with Gasteiger partial charge in [-0.3, -0.25) is 13.9 Å². The molecule has 0 unspecified atom stereocenters. The van der Waals surface area contributed by atoms with Crippen molar-refractivity contribution in [3.63, 3.8) is 0 Å². The van der Waals surface area contributed by atoms with Gasteiger partial charge in [-0.15, -0.1) is 0 Å². The van der Waals surface area contributed by atoms with Gasteiger partial charge in [0, 0.05) is 6.97 Å². The van der Waals surface area contributed by atoms with Gasteiger partial charge in [0.05, 0.1) is 21.3 Å². The number of hydrogen-bond acceptors (Lipinski definition) is 6. The minimum absolute atomic E-state index is 0. The lowest BCUT2D eigenvalue weighted by Crippen LogP contribution is -2.41. The van der Waals surface area contributed by atoms with Gasteiger partial charge in [0.1, 0.15) is 17.3 Å². The zero-order chi connectivity index (χ0) is 24.6. The standard InChI is InChI=1S/C10H12BrFN2O.C6H3BrFNO2.H2O4S.H2O.H2/c1-10(2,3)14-9(15)8-7(11)4-6(12)5-13-8;7-4-1-3(8)2-9-5(4)6(10)11;1-5(2,3)4;;/h4-5H,1-3H3,(H,14,15);1-2H,(H,10,11);(H2,1,2,3,4);1H2;1H. The van der Waals surface area contributed by atoms with E-state index in [0.717, 1.165) is 18.5 Å². The molecule has 2 heterocycles. The van der Waals surface area contributed by atoms with Crippen LogP contribution < -0.4 is 5.32 Å². The second-order valence-corrected chi connectivity index (χ2v) is 9.03. The van der Waals surface area contributed by atoms with Crippen molar-refractivity contribution in [2.45, 2.75) is 26.3 Å². The summed E-state index contributed by atoms with van der Waals surface area (Å²) in [6.07, 6.45) is 1.87. The van der Waals surface area contributed by atoms with Crippen molar-refractivity contribution < 1.29 is 47.9 Å². The lowest BCUT2D eigenvalue weighted by atomic mass is 10.1. The normalized spacial score (nSPS) is 10.4. The van der Waals surface area contributed by atoms with Gasteiger partial charge in [-0.1, -0.05) is 0 Å². The van der Waals surface area contributed by atoms with E-state index in [1.807, 2.05) is 20.8 Å². The summed E-state index contributed by atoms with van der Waals surface area (Å²) in [6, 6.07) is 2.26.